The monoisotopic (exact) mass is 308 g/mol. The van der Waals surface area contributed by atoms with Crippen LogP contribution in [-0.2, 0) is 14.3 Å². The Kier molecular flexibility index (Phi) is 5.49. The van der Waals surface area contributed by atoms with Gasteiger partial charge in [0.1, 0.15) is 5.82 Å². The lowest BCUT2D eigenvalue weighted by atomic mass is 9.88. The van der Waals surface area contributed by atoms with Gasteiger partial charge in [0.05, 0.1) is 19.6 Å². The number of carbonyl (C=O) groups excluding carboxylic acids is 2. The number of hydrogen-bond acceptors (Lipinski definition) is 4. The van der Waals surface area contributed by atoms with E-state index in [-0.39, 0.29) is 24.1 Å². The quantitative estimate of drug-likeness (QED) is 0.780. The van der Waals surface area contributed by atoms with Gasteiger partial charge in [0.15, 0.2) is 0 Å². The van der Waals surface area contributed by atoms with Gasteiger partial charge >= 0.3 is 5.97 Å². The van der Waals surface area contributed by atoms with E-state index < -0.39 is 12.0 Å². The Morgan fingerprint density at radius 1 is 1.36 bits per heavy atom. The zero-order valence-electron chi connectivity index (χ0n) is 12.8. The SMILES string of the molecule is COC(=O)CC(NC(=O)C(C)C1CNC1)c1ccc(F)cc1. The van der Waals surface area contributed by atoms with Crippen molar-refractivity contribution in [3.63, 3.8) is 0 Å². The van der Waals surface area contributed by atoms with Crippen molar-refractivity contribution in [1.29, 1.82) is 0 Å². The molecule has 1 saturated heterocycles. The summed E-state index contributed by atoms with van der Waals surface area (Å²) in [5.41, 5.74) is 0.680. The highest BCUT2D eigenvalue weighted by molar-refractivity contribution is 5.80. The van der Waals surface area contributed by atoms with Gasteiger partial charge in [-0.1, -0.05) is 19.1 Å². The first-order valence-electron chi connectivity index (χ1n) is 7.34. The number of amides is 1. The van der Waals surface area contributed by atoms with Gasteiger partial charge in [-0.25, -0.2) is 4.39 Å². The summed E-state index contributed by atoms with van der Waals surface area (Å²) in [6.07, 6.45) is 0.0174. The van der Waals surface area contributed by atoms with Crippen LogP contribution in [0.5, 0.6) is 0 Å². The maximum absolute atomic E-state index is 13.0. The number of nitrogens with one attached hydrogen (secondary N) is 2. The van der Waals surface area contributed by atoms with Gasteiger partial charge in [0, 0.05) is 5.92 Å². The molecule has 2 atom stereocenters. The van der Waals surface area contributed by atoms with Crippen LogP contribution in [0, 0.1) is 17.7 Å². The van der Waals surface area contributed by atoms with Crippen molar-refractivity contribution in [3.8, 4) is 0 Å². The minimum atomic E-state index is -0.518. The molecule has 1 aromatic rings. The number of benzene rings is 1. The molecule has 0 radical (unpaired) electrons. The molecule has 2 N–H and O–H groups in total. The topological polar surface area (TPSA) is 67.4 Å². The molecule has 0 spiro atoms. The third-order valence-corrected chi connectivity index (χ3v) is 4.12. The van der Waals surface area contributed by atoms with Crippen molar-refractivity contribution in [2.75, 3.05) is 20.2 Å². The van der Waals surface area contributed by atoms with E-state index in [9.17, 15) is 14.0 Å². The molecule has 2 unspecified atom stereocenters. The molecule has 120 valence electrons. The van der Waals surface area contributed by atoms with Crippen LogP contribution in [-0.4, -0.2) is 32.1 Å². The Bertz CT molecular complexity index is 529. The molecule has 0 bridgehead atoms. The molecule has 6 heteroatoms. The van der Waals surface area contributed by atoms with E-state index in [1.54, 1.807) is 12.1 Å². The van der Waals surface area contributed by atoms with Gasteiger partial charge in [-0.15, -0.1) is 0 Å². The van der Waals surface area contributed by atoms with Crippen LogP contribution in [0.1, 0.15) is 24.9 Å². The van der Waals surface area contributed by atoms with Gasteiger partial charge in [0.2, 0.25) is 5.91 Å². The van der Waals surface area contributed by atoms with Crippen molar-refractivity contribution in [1.82, 2.24) is 10.6 Å². The Labute approximate surface area is 129 Å². The maximum Gasteiger partial charge on any atom is 0.307 e. The standard InChI is InChI=1S/C16H21FN2O3/c1-10(12-8-18-9-12)16(21)19-14(7-15(20)22-2)11-3-5-13(17)6-4-11/h3-6,10,12,14,18H,7-9H2,1-2H3,(H,19,21). The maximum atomic E-state index is 13.0. The average molecular weight is 308 g/mol. The molecule has 1 aliphatic heterocycles. The van der Waals surface area contributed by atoms with Crippen molar-refractivity contribution in [2.45, 2.75) is 19.4 Å². The summed E-state index contributed by atoms with van der Waals surface area (Å²) in [5, 5.41) is 6.01. The predicted molar refractivity (Wildman–Crippen MR) is 79.4 cm³/mol. The lowest BCUT2D eigenvalue weighted by Gasteiger charge is -2.32. The second-order valence-corrected chi connectivity index (χ2v) is 5.60. The van der Waals surface area contributed by atoms with Crippen LogP contribution < -0.4 is 10.6 Å². The van der Waals surface area contributed by atoms with E-state index in [1.807, 2.05) is 6.92 Å². The van der Waals surface area contributed by atoms with Crippen LogP contribution in [0.4, 0.5) is 4.39 Å². The smallest absolute Gasteiger partial charge is 0.307 e. The molecule has 1 fully saturated rings. The minimum absolute atomic E-state index is 0.0174. The molecule has 5 nitrogen and oxygen atoms in total. The molecule has 1 amide bonds. The molecule has 0 aliphatic carbocycles. The van der Waals surface area contributed by atoms with E-state index in [1.165, 1.54) is 19.2 Å². The Morgan fingerprint density at radius 3 is 2.50 bits per heavy atom. The molecular weight excluding hydrogens is 287 g/mol. The predicted octanol–water partition coefficient (Wildman–Crippen LogP) is 1.40. The van der Waals surface area contributed by atoms with Crippen LogP contribution in [0.15, 0.2) is 24.3 Å². The number of rotatable bonds is 6. The van der Waals surface area contributed by atoms with E-state index in [2.05, 4.69) is 15.4 Å². The fourth-order valence-electron chi connectivity index (χ4n) is 2.38. The first-order chi connectivity index (χ1) is 10.5. The Morgan fingerprint density at radius 2 is 2.00 bits per heavy atom. The molecular formula is C16H21FN2O3. The lowest BCUT2D eigenvalue weighted by molar-refractivity contribution is -0.141. The van der Waals surface area contributed by atoms with Crippen LogP contribution >= 0.6 is 0 Å². The summed E-state index contributed by atoms with van der Waals surface area (Å²) in [4.78, 5) is 23.9. The van der Waals surface area contributed by atoms with Crippen LogP contribution in [0.2, 0.25) is 0 Å². The zero-order valence-corrected chi connectivity index (χ0v) is 12.8. The van der Waals surface area contributed by atoms with Gasteiger partial charge < -0.3 is 15.4 Å². The van der Waals surface area contributed by atoms with Gasteiger partial charge in [0.25, 0.3) is 0 Å². The second kappa shape index (κ2) is 7.35. The molecule has 1 aliphatic rings. The fraction of sp³-hybridized carbons (Fsp3) is 0.500. The molecule has 0 aromatic heterocycles. The summed E-state index contributed by atoms with van der Waals surface area (Å²) in [7, 11) is 1.30. The highest BCUT2D eigenvalue weighted by Gasteiger charge is 2.30. The summed E-state index contributed by atoms with van der Waals surface area (Å²) in [6.45, 7) is 3.53. The second-order valence-electron chi connectivity index (χ2n) is 5.60. The highest BCUT2D eigenvalue weighted by atomic mass is 19.1. The van der Waals surface area contributed by atoms with Crippen molar-refractivity contribution >= 4 is 11.9 Å². The largest absolute Gasteiger partial charge is 0.469 e. The van der Waals surface area contributed by atoms with Gasteiger partial charge in [-0.05, 0) is 36.7 Å². The summed E-state index contributed by atoms with van der Waals surface area (Å²) in [5.74, 6) is -0.716. The number of ether oxygens (including phenoxy) is 1. The molecule has 1 aromatic carbocycles. The molecule has 2 rings (SSSR count). The molecule has 0 saturated carbocycles. The van der Waals surface area contributed by atoms with E-state index in [0.717, 1.165) is 13.1 Å². The van der Waals surface area contributed by atoms with Crippen molar-refractivity contribution in [3.05, 3.63) is 35.6 Å². The van der Waals surface area contributed by atoms with Crippen LogP contribution in [0.3, 0.4) is 0 Å². The number of carbonyl (C=O) groups is 2. The van der Waals surface area contributed by atoms with E-state index in [0.29, 0.717) is 11.5 Å². The van der Waals surface area contributed by atoms with E-state index in [4.69, 9.17) is 0 Å². The number of esters is 1. The Hall–Kier alpha value is -1.95. The molecule has 22 heavy (non-hydrogen) atoms. The Balaban J connectivity index is 2.07. The normalized spacial score (nSPS) is 17.2. The highest BCUT2D eigenvalue weighted by Crippen LogP contribution is 2.21. The molecule has 1 heterocycles. The van der Waals surface area contributed by atoms with Crippen LogP contribution in [0.25, 0.3) is 0 Å². The third kappa shape index (κ3) is 4.04. The van der Waals surface area contributed by atoms with Crippen molar-refractivity contribution in [2.24, 2.45) is 11.8 Å². The fourth-order valence-corrected chi connectivity index (χ4v) is 2.38. The van der Waals surface area contributed by atoms with Gasteiger partial charge in [-0.2, -0.15) is 0 Å². The lowest BCUT2D eigenvalue weighted by Crippen LogP contribution is -2.50. The first-order valence-corrected chi connectivity index (χ1v) is 7.34. The van der Waals surface area contributed by atoms with E-state index >= 15 is 0 Å². The number of hydrogen-bond donors (Lipinski definition) is 2. The van der Waals surface area contributed by atoms with Gasteiger partial charge in [-0.3, -0.25) is 9.59 Å². The zero-order chi connectivity index (χ0) is 16.1. The van der Waals surface area contributed by atoms with Crippen molar-refractivity contribution < 1.29 is 18.7 Å². The summed E-state index contributed by atoms with van der Waals surface area (Å²) >= 11 is 0. The number of halogens is 1. The summed E-state index contributed by atoms with van der Waals surface area (Å²) < 4.78 is 17.7. The minimum Gasteiger partial charge on any atom is -0.469 e. The summed E-state index contributed by atoms with van der Waals surface area (Å²) in [6, 6.07) is 5.24. The number of methoxy groups -OCH3 is 1. The third-order valence-electron chi connectivity index (χ3n) is 4.12. The average Bonchev–Trinajstić information content (AvgIpc) is 2.45. The first kappa shape index (κ1) is 16.4.